The summed E-state index contributed by atoms with van der Waals surface area (Å²) in [4.78, 5) is 30.3. The highest BCUT2D eigenvalue weighted by molar-refractivity contribution is 6.10. The third kappa shape index (κ3) is 6.63. The van der Waals surface area contributed by atoms with E-state index < -0.39 is 11.9 Å². The number of carbonyl (C=O) groups excluding carboxylic acids is 2. The van der Waals surface area contributed by atoms with Crippen molar-refractivity contribution >= 4 is 11.9 Å². The number of hydrogen-bond acceptors (Lipinski definition) is 7. The number of hydrogen-bond donors (Lipinski definition) is 2. The predicted octanol–water partition coefficient (Wildman–Crippen LogP) is 5.41. The topological polar surface area (TPSA) is 108 Å². The number of benzene rings is 3. The van der Waals surface area contributed by atoms with E-state index in [0.29, 0.717) is 34.9 Å². The van der Waals surface area contributed by atoms with Crippen LogP contribution in [0.1, 0.15) is 44.6 Å². The monoisotopic (exact) mass is 558 g/mol. The number of amides is 1. The molecule has 0 fully saturated rings. The van der Waals surface area contributed by atoms with Gasteiger partial charge in [0.15, 0.2) is 0 Å². The zero-order chi connectivity index (χ0) is 29.4. The Morgan fingerprint density at radius 2 is 1.39 bits per heavy atom. The molecule has 2 N–H and O–H groups in total. The van der Waals surface area contributed by atoms with Gasteiger partial charge in [0.25, 0.3) is 5.91 Å². The molecule has 9 nitrogen and oxygen atoms in total. The fourth-order valence-electron chi connectivity index (χ4n) is 4.55. The summed E-state index contributed by atoms with van der Waals surface area (Å²) in [6.45, 7) is 2.04. The molecular weight excluding hydrogens is 524 g/mol. The normalized spacial score (nSPS) is 10.6. The summed E-state index contributed by atoms with van der Waals surface area (Å²) in [6, 6.07) is 20.3. The molecule has 1 heterocycles. The quantitative estimate of drug-likeness (QED) is 0.224. The molecular formula is C32H34N2O7. The minimum absolute atomic E-state index is 0.0837. The Kier molecular flexibility index (Phi) is 9.52. The van der Waals surface area contributed by atoms with E-state index in [0.717, 1.165) is 22.4 Å². The number of aromatic amines is 1. The number of ether oxygens (including phenoxy) is 5. The fourth-order valence-corrected chi connectivity index (χ4v) is 4.55. The molecule has 0 spiro atoms. The van der Waals surface area contributed by atoms with E-state index in [4.69, 9.17) is 23.7 Å². The van der Waals surface area contributed by atoms with Crippen molar-refractivity contribution in [3.63, 3.8) is 0 Å². The Labute approximate surface area is 239 Å². The smallest absolute Gasteiger partial charge is 0.355 e. The molecule has 0 aliphatic carbocycles. The van der Waals surface area contributed by atoms with Crippen molar-refractivity contribution in [3.05, 3.63) is 94.8 Å². The Morgan fingerprint density at radius 1 is 0.780 bits per heavy atom. The van der Waals surface area contributed by atoms with E-state index in [2.05, 4.69) is 10.3 Å². The van der Waals surface area contributed by atoms with E-state index in [1.807, 2.05) is 54.6 Å². The van der Waals surface area contributed by atoms with Gasteiger partial charge < -0.3 is 34.0 Å². The van der Waals surface area contributed by atoms with Crippen LogP contribution < -0.4 is 24.3 Å². The van der Waals surface area contributed by atoms with E-state index in [9.17, 15) is 9.59 Å². The van der Waals surface area contributed by atoms with Gasteiger partial charge in [-0.15, -0.1) is 0 Å². The van der Waals surface area contributed by atoms with Crippen molar-refractivity contribution in [3.8, 4) is 34.1 Å². The maximum atomic E-state index is 13.9. The Bertz CT molecular complexity index is 1490. The van der Waals surface area contributed by atoms with Crippen LogP contribution in [-0.2, 0) is 17.7 Å². The SMILES string of the molecule is CCOC(=O)c1[nH]c(Cc2ccc(OC)cc2)c(-c2ccc(OC)cc2)c1C(=O)NCc1ccc(OC)cc1OC. The van der Waals surface area contributed by atoms with Gasteiger partial charge in [0.05, 0.1) is 40.6 Å². The molecule has 214 valence electrons. The molecule has 0 saturated carbocycles. The lowest BCUT2D eigenvalue weighted by Crippen LogP contribution is -2.25. The number of methoxy groups -OCH3 is 4. The van der Waals surface area contributed by atoms with Gasteiger partial charge in [-0.25, -0.2) is 4.79 Å². The number of nitrogens with one attached hydrogen (secondary N) is 2. The molecule has 0 atom stereocenters. The summed E-state index contributed by atoms with van der Waals surface area (Å²) in [5.41, 5.74) is 4.03. The Hall–Kier alpha value is -4.92. The molecule has 0 bridgehead atoms. The van der Waals surface area contributed by atoms with Crippen LogP contribution >= 0.6 is 0 Å². The minimum Gasteiger partial charge on any atom is -0.497 e. The van der Waals surface area contributed by atoms with Crippen molar-refractivity contribution in [2.75, 3.05) is 35.0 Å². The van der Waals surface area contributed by atoms with Gasteiger partial charge in [-0.2, -0.15) is 0 Å². The van der Waals surface area contributed by atoms with E-state index >= 15 is 0 Å². The molecule has 3 aromatic carbocycles. The lowest BCUT2D eigenvalue weighted by molar-refractivity contribution is 0.0516. The van der Waals surface area contributed by atoms with Crippen LogP contribution in [-0.4, -0.2) is 51.9 Å². The lowest BCUT2D eigenvalue weighted by Gasteiger charge is -2.13. The predicted molar refractivity (Wildman–Crippen MR) is 155 cm³/mol. The second kappa shape index (κ2) is 13.4. The lowest BCUT2D eigenvalue weighted by atomic mass is 9.96. The van der Waals surface area contributed by atoms with E-state index in [1.54, 1.807) is 47.5 Å². The number of esters is 1. The minimum atomic E-state index is -0.615. The third-order valence-corrected chi connectivity index (χ3v) is 6.64. The molecule has 0 unspecified atom stereocenters. The zero-order valence-corrected chi connectivity index (χ0v) is 23.8. The summed E-state index contributed by atoms with van der Waals surface area (Å²) in [7, 11) is 6.33. The van der Waals surface area contributed by atoms with Crippen molar-refractivity contribution in [1.29, 1.82) is 0 Å². The standard InChI is InChI=1S/C32H34N2O7/c1-6-41-32(36)30-29(31(35)33-19-22-11-16-25(39-4)18-27(22)40-5)28(21-9-14-24(38-3)15-10-21)26(34-30)17-20-7-12-23(37-2)13-8-20/h7-16,18,34H,6,17,19H2,1-5H3,(H,33,35). The maximum Gasteiger partial charge on any atom is 0.355 e. The number of H-pyrrole nitrogens is 1. The van der Waals surface area contributed by atoms with Crippen LogP contribution in [0.5, 0.6) is 23.0 Å². The van der Waals surface area contributed by atoms with Crippen molar-refractivity contribution in [2.24, 2.45) is 0 Å². The third-order valence-electron chi connectivity index (χ3n) is 6.64. The number of aromatic nitrogens is 1. The van der Waals surface area contributed by atoms with Crippen LogP contribution in [0, 0.1) is 0 Å². The molecule has 41 heavy (non-hydrogen) atoms. The Balaban J connectivity index is 1.79. The second-order valence-electron chi connectivity index (χ2n) is 9.06. The summed E-state index contributed by atoms with van der Waals surface area (Å²) < 4.78 is 26.7. The first-order chi connectivity index (χ1) is 19.9. The molecule has 4 aromatic rings. The summed E-state index contributed by atoms with van der Waals surface area (Å²) in [5.74, 6) is 1.56. The summed E-state index contributed by atoms with van der Waals surface area (Å²) in [5, 5.41) is 2.96. The van der Waals surface area contributed by atoms with Crippen LogP contribution in [0.2, 0.25) is 0 Å². The average Bonchev–Trinajstić information content (AvgIpc) is 3.39. The highest BCUT2D eigenvalue weighted by Gasteiger charge is 2.29. The van der Waals surface area contributed by atoms with Crippen molar-refractivity contribution in [1.82, 2.24) is 10.3 Å². The Morgan fingerprint density at radius 3 is 1.98 bits per heavy atom. The fraction of sp³-hybridized carbons (Fsp3) is 0.250. The van der Waals surface area contributed by atoms with Gasteiger partial charge in [0, 0.05) is 35.9 Å². The van der Waals surface area contributed by atoms with Gasteiger partial charge in [-0.3, -0.25) is 4.79 Å². The van der Waals surface area contributed by atoms with Crippen LogP contribution in [0.15, 0.2) is 66.7 Å². The molecule has 1 amide bonds. The van der Waals surface area contributed by atoms with Crippen molar-refractivity contribution < 1.29 is 33.3 Å². The van der Waals surface area contributed by atoms with E-state index in [-0.39, 0.29) is 24.4 Å². The largest absolute Gasteiger partial charge is 0.497 e. The molecule has 0 radical (unpaired) electrons. The van der Waals surface area contributed by atoms with Gasteiger partial charge in [-0.05, 0) is 54.4 Å². The molecule has 0 saturated heterocycles. The first-order valence-electron chi connectivity index (χ1n) is 13.1. The number of carbonyl (C=O) groups is 2. The van der Waals surface area contributed by atoms with E-state index in [1.165, 1.54) is 0 Å². The molecule has 1 aromatic heterocycles. The second-order valence-corrected chi connectivity index (χ2v) is 9.06. The maximum absolute atomic E-state index is 13.9. The molecule has 0 aliphatic rings. The highest BCUT2D eigenvalue weighted by atomic mass is 16.5. The summed E-state index contributed by atoms with van der Waals surface area (Å²) in [6.07, 6.45) is 0.428. The zero-order valence-electron chi connectivity index (χ0n) is 23.8. The highest BCUT2D eigenvalue weighted by Crippen LogP contribution is 2.34. The molecule has 0 aliphatic heterocycles. The molecule has 4 rings (SSSR count). The van der Waals surface area contributed by atoms with Gasteiger partial charge in [-0.1, -0.05) is 24.3 Å². The van der Waals surface area contributed by atoms with Crippen LogP contribution in [0.4, 0.5) is 0 Å². The average molecular weight is 559 g/mol. The van der Waals surface area contributed by atoms with Gasteiger partial charge in [0.1, 0.15) is 28.7 Å². The first kappa shape index (κ1) is 29.1. The molecule has 9 heteroatoms. The first-order valence-corrected chi connectivity index (χ1v) is 13.1. The van der Waals surface area contributed by atoms with Gasteiger partial charge >= 0.3 is 5.97 Å². The van der Waals surface area contributed by atoms with Crippen molar-refractivity contribution in [2.45, 2.75) is 19.9 Å². The summed E-state index contributed by atoms with van der Waals surface area (Å²) >= 11 is 0. The van der Waals surface area contributed by atoms with Crippen LogP contribution in [0.3, 0.4) is 0 Å². The van der Waals surface area contributed by atoms with Gasteiger partial charge in [0.2, 0.25) is 0 Å². The van der Waals surface area contributed by atoms with Crippen LogP contribution in [0.25, 0.3) is 11.1 Å². The number of rotatable bonds is 12.